The highest BCUT2D eigenvalue weighted by Gasteiger charge is 2.29. The Morgan fingerprint density at radius 2 is 1.88 bits per heavy atom. The highest BCUT2D eigenvalue weighted by Crippen LogP contribution is 2.30. The van der Waals surface area contributed by atoms with E-state index in [-0.39, 0.29) is 23.3 Å². The topological polar surface area (TPSA) is 95.6 Å². The number of hydrogen-bond donors (Lipinski definition) is 2. The largest absolute Gasteiger partial charge is 0.351 e. The minimum absolute atomic E-state index is 0.00895. The highest BCUT2D eigenvalue weighted by atomic mass is 35.5. The van der Waals surface area contributed by atoms with Crippen molar-refractivity contribution in [1.29, 1.82) is 0 Å². The minimum Gasteiger partial charge on any atom is -0.351 e. The van der Waals surface area contributed by atoms with Crippen LogP contribution in [0.1, 0.15) is 44.7 Å². The zero-order valence-corrected chi connectivity index (χ0v) is 20.7. The van der Waals surface area contributed by atoms with Crippen LogP contribution in [0.2, 0.25) is 5.02 Å². The van der Waals surface area contributed by atoms with Crippen LogP contribution in [0, 0.1) is 5.92 Å². The zero-order chi connectivity index (χ0) is 24.2. The highest BCUT2D eigenvalue weighted by molar-refractivity contribution is 7.89. The van der Waals surface area contributed by atoms with Gasteiger partial charge in [0.05, 0.1) is 4.90 Å². The summed E-state index contributed by atoms with van der Waals surface area (Å²) in [6.07, 6.45) is 1.33. The van der Waals surface area contributed by atoms with E-state index in [4.69, 9.17) is 11.6 Å². The third kappa shape index (κ3) is 6.13. The maximum Gasteiger partial charge on any atom is 0.241 e. The number of sulfonamides is 1. The van der Waals surface area contributed by atoms with Gasteiger partial charge in [-0.15, -0.1) is 0 Å². The first kappa shape index (κ1) is 25.2. The molecule has 2 N–H and O–H groups in total. The Morgan fingerprint density at radius 3 is 2.55 bits per heavy atom. The van der Waals surface area contributed by atoms with E-state index in [1.807, 2.05) is 19.9 Å². The molecule has 0 fully saturated rings. The summed E-state index contributed by atoms with van der Waals surface area (Å²) in [6, 6.07) is 11.0. The van der Waals surface area contributed by atoms with Crippen molar-refractivity contribution in [2.24, 2.45) is 5.92 Å². The molecule has 0 bridgehead atoms. The summed E-state index contributed by atoms with van der Waals surface area (Å²) >= 11 is 6.16. The average Bonchev–Trinajstić information content (AvgIpc) is 3.20. The second-order valence-electron chi connectivity index (χ2n) is 8.55. The summed E-state index contributed by atoms with van der Waals surface area (Å²) in [7, 11) is -3.95. The summed E-state index contributed by atoms with van der Waals surface area (Å²) in [4.78, 5) is 26.8. The predicted octanol–water partition coefficient (Wildman–Crippen LogP) is 3.65. The van der Waals surface area contributed by atoms with Gasteiger partial charge in [0, 0.05) is 30.2 Å². The molecule has 3 rings (SSSR count). The fourth-order valence-electron chi connectivity index (χ4n) is 3.88. The molecule has 0 radical (unpaired) electrons. The Morgan fingerprint density at radius 1 is 1.15 bits per heavy atom. The van der Waals surface area contributed by atoms with Gasteiger partial charge < -0.3 is 10.2 Å². The molecule has 0 saturated heterocycles. The molecule has 0 spiro atoms. The number of hydrogen-bond acceptors (Lipinski definition) is 4. The minimum atomic E-state index is -3.95. The smallest absolute Gasteiger partial charge is 0.241 e. The van der Waals surface area contributed by atoms with Gasteiger partial charge in [-0.3, -0.25) is 9.59 Å². The molecule has 2 aromatic carbocycles. The molecule has 9 heteroatoms. The number of amides is 2. The van der Waals surface area contributed by atoms with Crippen molar-refractivity contribution in [3.05, 3.63) is 58.6 Å². The van der Waals surface area contributed by atoms with Gasteiger partial charge >= 0.3 is 0 Å². The molecule has 7 nitrogen and oxygen atoms in total. The molecule has 0 saturated carbocycles. The SMILES string of the molecule is CCC(=O)N1CCc2cc(S(=O)(=O)NC(CC(C)C)C(=O)NCc3ccccc3Cl)ccc21. The number of anilines is 1. The Bertz CT molecular complexity index is 1130. The normalized spacial score (nSPS) is 14.3. The monoisotopic (exact) mass is 491 g/mol. The van der Waals surface area contributed by atoms with E-state index < -0.39 is 22.0 Å². The van der Waals surface area contributed by atoms with E-state index in [1.54, 1.807) is 42.2 Å². The lowest BCUT2D eigenvalue weighted by atomic mass is 10.0. The molecular weight excluding hydrogens is 462 g/mol. The van der Waals surface area contributed by atoms with E-state index >= 15 is 0 Å². The van der Waals surface area contributed by atoms with Crippen LogP contribution in [-0.4, -0.2) is 32.8 Å². The van der Waals surface area contributed by atoms with Crippen LogP contribution >= 0.6 is 11.6 Å². The molecule has 1 atom stereocenters. The van der Waals surface area contributed by atoms with Gasteiger partial charge in [0.25, 0.3) is 0 Å². The van der Waals surface area contributed by atoms with Gasteiger partial charge in [-0.1, -0.05) is 50.6 Å². The molecule has 1 aliphatic heterocycles. The number of rotatable bonds is 9. The third-order valence-electron chi connectivity index (χ3n) is 5.59. The standard InChI is InChI=1S/C24H30ClN3O4S/c1-4-23(29)28-12-11-17-14-19(9-10-22(17)28)33(31,32)27-21(13-16(2)3)24(30)26-15-18-7-5-6-8-20(18)25/h5-10,14,16,21,27H,4,11-13,15H2,1-3H3,(H,26,30). The number of fused-ring (bicyclic) bond motifs is 1. The summed E-state index contributed by atoms with van der Waals surface area (Å²) in [5, 5.41) is 3.33. The number of halogens is 1. The second-order valence-corrected chi connectivity index (χ2v) is 10.7. The molecular formula is C24H30ClN3O4S. The number of carbonyl (C=O) groups is 2. The first-order valence-corrected chi connectivity index (χ1v) is 12.9. The zero-order valence-electron chi connectivity index (χ0n) is 19.1. The van der Waals surface area contributed by atoms with Gasteiger partial charge in [0.15, 0.2) is 0 Å². The lowest BCUT2D eigenvalue weighted by Crippen LogP contribution is -2.47. The van der Waals surface area contributed by atoms with Crippen molar-refractivity contribution in [2.45, 2.75) is 57.5 Å². The van der Waals surface area contributed by atoms with Crippen LogP contribution in [0.4, 0.5) is 5.69 Å². The molecule has 2 aromatic rings. The fourth-order valence-corrected chi connectivity index (χ4v) is 5.34. The van der Waals surface area contributed by atoms with Crippen LogP contribution in [0.5, 0.6) is 0 Å². The second kappa shape index (κ2) is 10.7. The van der Waals surface area contributed by atoms with E-state index in [2.05, 4.69) is 10.0 Å². The summed E-state index contributed by atoms with van der Waals surface area (Å²) in [6.45, 7) is 6.40. The molecule has 0 aromatic heterocycles. The van der Waals surface area contributed by atoms with E-state index in [9.17, 15) is 18.0 Å². The predicted molar refractivity (Wildman–Crippen MR) is 130 cm³/mol. The van der Waals surface area contributed by atoms with Crippen LogP contribution < -0.4 is 14.9 Å². The van der Waals surface area contributed by atoms with Crippen molar-refractivity contribution < 1.29 is 18.0 Å². The molecule has 1 unspecified atom stereocenters. The quantitative estimate of drug-likeness (QED) is 0.559. The lowest BCUT2D eigenvalue weighted by Gasteiger charge is -2.21. The van der Waals surface area contributed by atoms with E-state index in [0.717, 1.165) is 16.8 Å². The fraction of sp³-hybridized carbons (Fsp3) is 0.417. The molecule has 0 aliphatic carbocycles. The lowest BCUT2D eigenvalue weighted by molar-refractivity contribution is -0.123. The Hall–Kier alpha value is -2.42. The van der Waals surface area contributed by atoms with Gasteiger partial charge in [-0.2, -0.15) is 4.72 Å². The maximum absolute atomic E-state index is 13.1. The van der Waals surface area contributed by atoms with Crippen LogP contribution in [0.25, 0.3) is 0 Å². The van der Waals surface area contributed by atoms with Crippen molar-refractivity contribution in [3.63, 3.8) is 0 Å². The molecule has 178 valence electrons. The number of nitrogens with zero attached hydrogens (tertiary/aromatic N) is 1. The Kier molecular flexibility index (Phi) is 8.15. The van der Waals surface area contributed by atoms with Gasteiger partial charge in [0.2, 0.25) is 21.8 Å². The van der Waals surface area contributed by atoms with Crippen LogP contribution in [0.3, 0.4) is 0 Å². The Labute approximate surface area is 200 Å². The number of nitrogens with one attached hydrogen (secondary N) is 2. The summed E-state index contributed by atoms with van der Waals surface area (Å²) in [5.41, 5.74) is 2.31. The number of carbonyl (C=O) groups excluding carboxylic acids is 2. The third-order valence-corrected chi connectivity index (χ3v) is 7.43. The maximum atomic E-state index is 13.1. The first-order valence-electron chi connectivity index (χ1n) is 11.1. The summed E-state index contributed by atoms with van der Waals surface area (Å²) < 4.78 is 28.8. The number of benzene rings is 2. The van der Waals surface area contributed by atoms with Crippen LogP contribution in [0.15, 0.2) is 47.4 Å². The average molecular weight is 492 g/mol. The molecule has 33 heavy (non-hydrogen) atoms. The van der Waals surface area contributed by atoms with Gasteiger partial charge in [-0.25, -0.2) is 8.42 Å². The van der Waals surface area contributed by atoms with Gasteiger partial charge in [-0.05, 0) is 54.2 Å². The van der Waals surface area contributed by atoms with Crippen molar-refractivity contribution in [1.82, 2.24) is 10.0 Å². The molecule has 1 aliphatic rings. The summed E-state index contributed by atoms with van der Waals surface area (Å²) in [5.74, 6) is -0.305. The van der Waals surface area contributed by atoms with Crippen molar-refractivity contribution in [2.75, 3.05) is 11.4 Å². The first-order chi connectivity index (χ1) is 15.6. The molecule has 1 heterocycles. The van der Waals surface area contributed by atoms with E-state index in [1.165, 1.54) is 6.07 Å². The van der Waals surface area contributed by atoms with Gasteiger partial charge in [0.1, 0.15) is 6.04 Å². The molecule has 2 amide bonds. The van der Waals surface area contributed by atoms with E-state index in [0.29, 0.717) is 30.8 Å². The van der Waals surface area contributed by atoms with Crippen LogP contribution in [-0.2, 0) is 32.6 Å². The Balaban J connectivity index is 1.76. The van der Waals surface area contributed by atoms with Crippen molar-refractivity contribution >= 4 is 39.1 Å². The van der Waals surface area contributed by atoms with Crippen molar-refractivity contribution in [3.8, 4) is 0 Å².